The standard InChI is InChI=1S/C20H25NO2/c1-15(2)18-9-11-19(12-10-18)23-16(3)20(22)21-14-13-17-7-5-4-6-8-17/h4-12,15-16H,13-14H2,1-3H3,(H,21,22)/t16-/m1/s1. The lowest BCUT2D eigenvalue weighted by Crippen LogP contribution is -2.37. The molecule has 0 spiro atoms. The summed E-state index contributed by atoms with van der Waals surface area (Å²) in [5.74, 6) is 1.12. The van der Waals surface area contributed by atoms with E-state index in [9.17, 15) is 4.79 Å². The van der Waals surface area contributed by atoms with E-state index >= 15 is 0 Å². The van der Waals surface area contributed by atoms with Crippen LogP contribution >= 0.6 is 0 Å². The molecule has 2 aromatic rings. The van der Waals surface area contributed by atoms with E-state index in [1.807, 2.05) is 42.5 Å². The summed E-state index contributed by atoms with van der Waals surface area (Å²) in [5.41, 5.74) is 2.47. The Hall–Kier alpha value is -2.29. The smallest absolute Gasteiger partial charge is 0.260 e. The zero-order valence-electron chi connectivity index (χ0n) is 14.1. The van der Waals surface area contributed by atoms with Crippen LogP contribution in [0.2, 0.25) is 0 Å². The van der Waals surface area contributed by atoms with Crippen molar-refractivity contribution in [3.8, 4) is 5.75 Å². The van der Waals surface area contributed by atoms with E-state index in [-0.39, 0.29) is 5.91 Å². The molecule has 23 heavy (non-hydrogen) atoms. The Balaban J connectivity index is 1.78. The first-order valence-electron chi connectivity index (χ1n) is 8.14. The third-order valence-electron chi connectivity index (χ3n) is 3.78. The topological polar surface area (TPSA) is 38.3 Å². The third kappa shape index (κ3) is 5.44. The summed E-state index contributed by atoms with van der Waals surface area (Å²) in [5, 5.41) is 2.92. The van der Waals surface area contributed by atoms with Crippen LogP contribution in [-0.2, 0) is 11.2 Å². The molecule has 0 heterocycles. The highest BCUT2D eigenvalue weighted by Crippen LogP contribution is 2.19. The summed E-state index contributed by atoms with van der Waals surface area (Å²) in [6.45, 7) is 6.69. The molecule has 1 amide bonds. The fourth-order valence-corrected chi connectivity index (χ4v) is 2.31. The van der Waals surface area contributed by atoms with E-state index in [1.54, 1.807) is 6.92 Å². The van der Waals surface area contributed by atoms with Crippen molar-refractivity contribution in [2.75, 3.05) is 6.54 Å². The van der Waals surface area contributed by atoms with Crippen LogP contribution in [0.1, 0.15) is 37.8 Å². The van der Waals surface area contributed by atoms with Crippen LogP contribution in [0.3, 0.4) is 0 Å². The lowest BCUT2D eigenvalue weighted by molar-refractivity contribution is -0.127. The van der Waals surface area contributed by atoms with E-state index in [0.29, 0.717) is 12.5 Å². The van der Waals surface area contributed by atoms with Crippen LogP contribution in [0.5, 0.6) is 5.75 Å². The van der Waals surface area contributed by atoms with Crippen molar-refractivity contribution >= 4 is 5.91 Å². The minimum absolute atomic E-state index is 0.0890. The highest BCUT2D eigenvalue weighted by molar-refractivity contribution is 5.80. The number of amides is 1. The molecule has 0 aliphatic heterocycles. The van der Waals surface area contributed by atoms with Gasteiger partial charge in [0, 0.05) is 6.54 Å². The van der Waals surface area contributed by atoms with Crippen molar-refractivity contribution in [2.24, 2.45) is 0 Å². The van der Waals surface area contributed by atoms with Crippen molar-refractivity contribution in [2.45, 2.75) is 39.2 Å². The molecule has 1 atom stereocenters. The van der Waals surface area contributed by atoms with Gasteiger partial charge in [-0.15, -0.1) is 0 Å². The van der Waals surface area contributed by atoms with E-state index in [1.165, 1.54) is 11.1 Å². The van der Waals surface area contributed by atoms with E-state index in [0.717, 1.165) is 12.2 Å². The lowest BCUT2D eigenvalue weighted by atomic mass is 10.0. The number of carbonyl (C=O) groups excluding carboxylic acids is 1. The molecular weight excluding hydrogens is 286 g/mol. The molecule has 0 saturated heterocycles. The van der Waals surface area contributed by atoms with Crippen LogP contribution in [0.25, 0.3) is 0 Å². The minimum Gasteiger partial charge on any atom is -0.481 e. The van der Waals surface area contributed by atoms with Crippen LogP contribution in [-0.4, -0.2) is 18.6 Å². The van der Waals surface area contributed by atoms with Crippen LogP contribution in [0, 0.1) is 0 Å². The van der Waals surface area contributed by atoms with E-state index < -0.39 is 6.10 Å². The summed E-state index contributed by atoms with van der Waals surface area (Å²) in [7, 11) is 0. The summed E-state index contributed by atoms with van der Waals surface area (Å²) in [6, 6.07) is 18.0. The first-order chi connectivity index (χ1) is 11.1. The monoisotopic (exact) mass is 311 g/mol. The minimum atomic E-state index is -0.504. The maximum atomic E-state index is 12.1. The molecule has 1 N–H and O–H groups in total. The SMILES string of the molecule is CC(C)c1ccc(O[C@H](C)C(=O)NCCc2ccccc2)cc1. The third-order valence-corrected chi connectivity index (χ3v) is 3.78. The van der Waals surface area contributed by atoms with Gasteiger partial charge in [-0.1, -0.05) is 56.3 Å². The second kappa shape index (κ2) is 8.37. The van der Waals surface area contributed by atoms with Gasteiger partial charge in [0.25, 0.3) is 5.91 Å². The normalized spacial score (nSPS) is 12.0. The van der Waals surface area contributed by atoms with Gasteiger partial charge in [0.2, 0.25) is 0 Å². The first kappa shape index (κ1) is 17.1. The second-order valence-corrected chi connectivity index (χ2v) is 6.01. The second-order valence-electron chi connectivity index (χ2n) is 6.01. The molecule has 3 nitrogen and oxygen atoms in total. The fourth-order valence-electron chi connectivity index (χ4n) is 2.31. The lowest BCUT2D eigenvalue weighted by Gasteiger charge is -2.15. The van der Waals surface area contributed by atoms with Gasteiger partial charge < -0.3 is 10.1 Å². The van der Waals surface area contributed by atoms with Crippen molar-refractivity contribution in [1.29, 1.82) is 0 Å². The summed E-state index contributed by atoms with van der Waals surface area (Å²) in [4.78, 5) is 12.1. The molecule has 2 rings (SSSR count). The molecule has 0 aromatic heterocycles. The first-order valence-corrected chi connectivity index (χ1v) is 8.14. The predicted molar refractivity (Wildman–Crippen MR) is 93.8 cm³/mol. The molecule has 0 saturated carbocycles. The van der Waals surface area contributed by atoms with Gasteiger partial charge in [-0.3, -0.25) is 4.79 Å². The fraction of sp³-hybridized carbons (Fsp3) is 0.350. The highest BCUT2D eigenvalue weighted by atomic mass is 16.5. The van der Waals surface area contributed by atoms with Crippen molar-refractivity contribution in [1.82, 2.24) is 5.32 Å². The Morgan fingerprint density at radius 1 is 1.00 bits per heavy atom. The van der Waals surface area contributed by atoms with Crippen molar-refractivity contribution < 1.29 is 9.53 Å². The molecule has 0 unspecified atom stereocenters. The van der Waals surface area contributed by atoms with Gasteiger partial charge in [-0.2, -0.15) is 0 Å². The molecule has 3 heteroatoms. The van der Waals surface area contributed by atoms with Gasteiger partial charge in [0.1, 0.15) is 5.75 Å². The van der Waals surface area contributed by atoms with E-state index in [2.05, 4.69) is 31.3 Å². The van der Waals surface area contributed by atoms with Crippen molar-refractivity contribution in [3.05, 3.63) is 65.7 Å². The number of nitrogens with one attached hydrogen (secondary N) is 1. The maximum absolute atomic E-state index is 12.1. The Morgan fingerprint density at radius 3 is 2.26 bits per heavy atom. The molecule has 0 bridgehead atoms. The van der Waals surface area contributed by atoms with Crippen LogP contribution in [0.4, 0.5) is 0 Å². The van der Waals surface area contributed by atoms with Crippen LogP contribution < -0.4 is 10.1 Å². The Morgan fingerprint density at radius 2 is 1.65 bits per heavy atom. The summed E-state index contributed by atoms with van der Waals surface area (Å²) in [6.07, 6.45) is 0.318. The Bertz CT molecular complexity index is 605. The number of ether oxygens (including phenoxy) is 1. The predicted octanol–water partition coefficient (Wildman–Crippen LogP) is 3.94. The Kier molecular flexibility index (Phi) is 6.21. The molecule has 2 aromatic carbocycles. The number of hydrogen-bond donors (Lipinski definition) is 1. The number of rotatable bonds is 7. The average Bonchev–Trinajstić information content (AvgIpc) is 2.56. The largest absolute Gasteiger partial charge is 0.481 e. The van der Waals surface area contributed by atoms with Gasteiger partial charge in [-0.25, -0.2) is 0 Å². The zero-order valence-corrected chi connectivity index (χ0v) is 14.1. The Labute approximate surface area is 138 Å². The highest BCUT2D eigenvalue weighted by Gasteiger charge is 2.14. The van der Waals surface area contributed by atoms with Gasteiger partial charge in [-0.05, 0) is 42.5 Å². The molecule has 0 radical (unpaired) electrons. The zero-order chi connectivity index (χ0) is 16.7. The molecule has 0 aliphatic rings. The molecule has 0 fully saturated rings. The van der Waals surface area contributed by atoms with Crippen molar-refractivity contribution in [3.63, 3.8) is 0 Å². The molecule has 0 aliphatic carbocycles. The quantitative estimate of drug-likeness (QED) is 0.841. The molecule has 122 valence electrons. The van der Waals surface area contributed by atoms with Gasteiger partial charge in [0.15, 0.2) is 6.10 Å². The summed E-state index contributed by atoms with van der Waals surface area (Å²) >= 11 is 0. The van der Waals surface area contributed by atoms with Gasteiger partial charge in [0.05, 0.1) is 0 Å². The van der Waals surface area contributed by atoms with Crippen LogP contribution in [0.15, 0.2) is 54.6 Å². The summed E-state index contributed by atoms with van der Waals surface area (Å²) < 4.78 is 5.70. The number of carbonyl (C=O) groups is 1. The van der Waals surface area contributed by atoms with Gasteiger partial charge >= 0.3 is 0 Å². The van der Waals surface area contributed by atoms with E-state index in [4.69, 9.17) is 4.74 Å². The molecular formula is C20H25NO2. The average molecular weight is 311 g/mol. The number of benzene rings is 2. The number of hydrogen-bond acceptors (Lipinski definition) is 2. The maximum Gasteiger partial charge on any atom is 0.260 e.